The van der Waals surface area contributed by atoms with Crippen LogP contribution < -0.4 is 20.1 Å². The number of amides is 3. The number of imide groups is 1. The van der Waals surface area contributed by atoms with Crippen LogP contribution in [0.3, 0.4) is 0 Å². The van der Waals surface area contributed by atoms with Crippen molar-refractivity contribution in [3.8, 4) is 11.5 Å². The van der Waals surface area contributed by atoms with Crippen molar-refractivity contribution in [1.82, 2.24) is 25.4 Å². The fourth-order valence-corrected chi connectivity index (χ4v) is 3.34. The summed E-state index contributed by atoms with van der Waals surface area (Å²) in [5.74, 6) is 1.52. The van der Waals surface area contributed by atoms with E-state index in [4.69, 9.17) is 9.47 Å². The molecule has 10 heteroatoms. The number of allylic oxidation sites excluding steroid dienone is 1. The molecule has 2 N–H and O–H groups in total. The predicted molar refractivity (Wildman–Crippen MR) is 103 cm³/mol. The highest BCUT2D eigenvalue weighted by atomic mass is 32.2. The van der Waals surface area contributed by atoms with Gasteiger partial charge >= 0.3 is 6.03 Å². The molecule has 0 aliphatic carbocycles. The van der Waals surface area contributed by atoms with Crippen molar-refractivity contribution in [2.75, 3.05) is 18.9 Å². The molecule has 3 rings (SSSR count). The number of nitrogens with zero attached hydrogens (tertiary/aromatic N) is 3. The van der Waals surface area contributed by atoms with E-state index in [1.54, 1.807) is 13.0 Å². The summed E-state index contributed by atoms with van der Waals surface area (Å²) in [5.41, 5.74) is 0. The maximum Gasteiger partial charge on any atom is 0.321 e. The van der Waals surface area contributed by atoms with Crippen LogP contribution in [0.4, 0.5) is 4.79 Å². The number of carbonyl (C=O) groups is 2. The van der Waals surface area contributed by atoms with E-state index in [9.17, 15) is 9.59 Å². The smallest absolute Gasteiger partial charge is 0.321 e. The molecule has 0 unspecified atom stereocenters. The molecular weight excluding hydrogens is 382 g/mol. The second kappa shape index (κ2) is 9.27. The van der Waals surface area contributed by atoms with E-state index in [1.165, 1.54) is 11.8 Å². The number of ether oxygens (including phenoxy) is 2. The van der Waals surface area contributed by atoms with Crippen molar-refractivity contribution < 1.29 is 19.1 Å². The summed E-state index contributed by atoms with van der Waals surface area (Å²) in [7, 11) is 0. The fourth-order valence-electron chi connectivity index (χ4n) is 2.59. The number of urea groups is 1. The van der Waals surface area contributed by atoms with Crippen molar-refractivity contribution in [2.45, 2.75) is 24.7 Å². The third-order valence-electron chi connectivity index (χ3n) is 3.78. The lowest BCUT2D eigenvalue weighted by Crippen LogP contribution is -2.40. The van der Waals surface area contributed by atoms with Crippen LogP contribution in [0, 0.1) is 0 Å². The topological polar surface area (TPSA) is 107 Å². The molecule has 0 radical (unpaired) electrons. The number of hydrogen-bond acceptors (Lipinski definition) is 7. The molecule has 28 heavy (non-hydrogen) atoms. The van der Waals surface area contributed by atoms with Gasteiger partial charge < -0.3 is 14.8 Å². The van der Waals surface area contributed by atoms with Crippen LogP contribution in [-0.2, 0) is 11.3 Å². The first kappa shape index (κ1) is 19.7. The number of benzene rings is 1. The van der Waals surface area contributed by atoms with Gasteiger partial charge in [-0.05, 0) is 19.1 Å². The van der Waals surface area contributed by atoms with Crippen molar-refractivity contribution in [1.29, 1.82) is 0 Å². The van der Waals surface area contributed by atoms with Crippen LogP contribution >= 0.6 is 11.8 Å². The van der Waals surface area contributed by atoms with Crippen LogP contribution in [0.5, 0.6) is 11.5 Å². The molecule has 3 amide bonds. The molecule has 2 aromatic rings. The van der Waals surface area contributed by atoms with Gasteiger partial charge in [0.2, 0.25) is 5.91 Å². The number of rotatable bonds is 7. The van der Waals surface area contributed by atoms with Gasteiger partial charge in [-0.2, -0.15) is 0 Å². The van der Waals surface area contributed by atoms with Crippen molar-refractivity contribution in [2.24, 2.45) is 0 Å². The van der Waals surface area contributed by atoms with E-state index in [2.05, 4.69) is 27.4 Å². The minimum atomic E-state index is -0.521. The summed E-state index contributed by atoms with van der Waals surface area (Å²) in [6.45, 7) is 6.72. The second-order valence-corrected chi connectivity index (χ2v) is 6.74. The molecule has 1 aliphatic heterocycles. The second-order valence-electron chi connectivity index (χ2n) is 5.80. The van der Waals surface area contributed by atoms with Gasteiger partial charge in [-0.1, -0.05) is 30.0 Å². The van der Waals surface area contributed by atoms with Crippen LogP contribution in [0.15, 0.2) is 42.1 Å². The predicted octanol–water partition coefficient (Wildman–Crippen LogP) is 1.91. The molecule has 0 spiro atoms. The Morgan fingerprint density at radius 3 is 2.89 bits per heavy atom. The molecule has 9 nitrogen and oxygen atoms in total. The number of hydrogen-bond donors (Lipinski definition) is 2. The Morgan fingerprint density at radius 2 is 2.14 bits per heavy atom. The summed E-state index contributed by atoms with van der Waals surface area (Å²) in [4.78, 5) is 23.3. The van der Waals surface area contributed by atoms with Gasteiger partial charge in [-0.25, -0.2) is 4.79 Å². The standard InChI is InChI=1S/C18H21N5O4S/c1-3-9-23-16(14-10-26-12-7-5-6-8-13(12)27-14)21-22-18(23)28-11-15(24)20-17(25)19-4-2/h3,5-8,14H,1,4,9-11H2,2H3,(H2,19,20,24,25)/t14-/m0/s1. The van der Waals surface area contributed by atoms with Crippen molar-refractivity contribution >= 4 is 23.7 Å². The van der Waals surface area contributed by atoms with Crippen molar-refractivity contribution in [3.63, 3.8) is 0 Å². The monoisotopic (exact) mass is 403 g/mol. The first-order valence-corrected chi connectivity index (χ1v) is 9.73. The Hall–Kier alpha value is -3.01. The molecule has 1 aromatic carbocycles. The van der Waals surface area contributed by atoms with Gasteiger partial charge in [0, 0.05) is 13.1 Å². The zero-order valence-electron chi connectivity index (χ0n) is 15.4. The quantitative estimate of drug-likeness (QED) is 0.537. The number of aromatic nitrogens is 3. The highest BCUT2D eigenvalue weighted by Crippen LogP contribution is 2.36. The number of nitrogens with one attached hydrogen (secondary N) is 2. The molecular formula is C18H21N5O4S. The van der Waals surface area contributed by atoms with E-state index < -0.39 is 18.0 Å². The zero-order valence-corrected chi connectivity index (χ0v) is 16.2. The lowest BCUT2D eigenvalue weighted by atomic mass is 10.2. The van der Waals surface area contributed by atoms with Crippen LogP contribution in [-0.4, -0.2) is 45.6 Å². The first-order valence-electron chi connectivity index (χ1n) is 8.75. The van der Waals surface area contributed by atoms with Gasteiger partial charge in [-0.3, -0.25) is 14.7 Å². The Kier molecular flexibility index (Phi) is 6.53. The molecule has 1 aromatic heterocycles. The van der Waals surface area contributed by atoms with Gasteiger partial charge in [0.05, 0.1) is 5.75 Å². The number of para-hydroxylation sites is 2. The lowest BCUT2D eigenvalue weighted by Gasteiger charge is -2.26. The van der Waals surface area contributed by atoms with E-state index >= 15 is 0 Å². The average Bonchev–Trinajstić information content (AvgIpc) is 3.09. The minimum absolute atomic E-state index is 0.0251. The van der Waals surface area contributed by atoms with Crippen LogP contribution in [0.25, 0.3) is 0 Å². The molecule has 1 aliphatic rings. The largest absolute Gasteiger partial charge is 0.485 e. The molecule has 0 saturated heterocycles. The molecule has 148 valence electrons. The Balaban J connectivity index is 1.69. The number of fused-ring (bicyclic) bond motifs is 1. The average molecular weight is 403 g/mol. The summed E-state index contributed by atoms with van der Waals surface area (Å²) in [6, 6.07) is 6.90. The Bertz CT molecular complexity index is 869. The maximum absolute atomic E-state index is 11.9. The molecule has 0 bridgehead atoms. The maximum atomic E-state index is 11.9. The third-order valence-corrected chi connectivity index (χ3v) is 4.74. The van der Waals surface area contributed by atoms with E-state index in [1.807, 2.05) is 28.8 Å². The summed E-state index contributed by atoms with van der Waals surface area (Å²) in [5, 5.41) is 13.7. The van der Waals surface area contributed by atoms with E-state index in [0.29, 0.717) is 42.2 Å². The minimum Gasteiger partial charge on any atom is -0.485 e. The summed E-state index contributed by atoms with van der Waals surface area (Å²) in [6.07, 6.45) is 1.28. The van der Waals surface area contributed by atoms with Crippen molar-refractivity contribution in [3.05, 3.63) is 42.7 Å². The molecule has 1 atom stereocenters. The van der Waals surface area contributed by atoms with Gasteiger partial charge in [0.1, 0.15) is 6.61 Å². The molecule has 0 saturated carbocycles. The highest BCUT2D eigenvalue weighted by Gasteiger charge is 2.28. The Morgan fingerprint density at radius 1 is 1.36 bits per heavy atom. The number of thioether (sulfide) groups is 1. The number of carbonyl (C=O) groups excluding carboxylic acids is 2. The third kappa shape index (κ3) is 4.63. The summed E-state index contributed by atoms with van der Waals surface area (Å²) >= 11 is 1.18. The fraction of sp³-hybridized carbons (Fsp3) is 0.333. The van der Waals surface area contributed by atoms with Gasteiger partial charge in [-0.15, -0.1) is 16.8 Å². The zero-order chi connectivity index (χ0) is 19.9. The van der Waals surface area contributed by atoms with E-state index in [-0.39, 0.29) is 5.75 Å². The molecule has 2 heterocycles. The van der Waals surface area contributed by atoms with Crippen LogP contribution in [0.1, 0.15) is 18.9 Å². The highest BCUT2D eigenvalue weighted by molar-refractivity contribution is 7.99. The normalized spacial score (nSPS) is 15.0. The van der Waals surface area contributed by atoms with Crippen LogP contribution in [0.2, 0.25) is 0 Å². The van der Waals surface area contributed by atoms with Gasteiger partial charge in [0.15, 0.2) is 28.6 Å². The van der Waals surface area contributed by atoms with Gasteiger partial charge in [0.25, 0.3) is 0 Å². The lowest BCUT2D eigenvalue weighted by molar-refractivity contribution is -0.117. The first-order chi connectivity index (χ1) is 13.6. The SMILES string of the molecule is C=CCn1c(SCC(=O)NC(=O)NCC)nnc1[C@@H]1COc2ccccc2O1. The summed E-state index contributed by atoms with van der Waals surface area (Å²) < 4.78 is 13.6. The molecule has 0 fully saturated rings. The van der Waals surface area contributed by atoms with E-state index in [0.717, 1.165) is 0 Å². The Labute approximate surface area is 166 Å².